The number of pyridine rings is 1. The zero-order valence-corrected chi connectivity index (χ0v) is 15.2. The topological polar surface area (TPSA) is 62.2 Å². The average Bonchev–Trinajstić information content (AvgIpc) is 2.93. The number of rotatable bonds is 2. The molecule has 3 aromatic rings. The van der Waals surface area contributed by atoms with E-state index in [9.17, 15) is 9.90 Å². The smallest absolute Gasteiger partial charge is 0.252 e. The Morgan fingerprint density at radius 3 is 2.73 bits per heavy atom. The minimum absolute atomic E-state index is 0.176. The van der Waals surface area contributed by atoms with E-state index >= 15 is 0 Å². The lowest BCUT2D eigenvalue weighted by molar-refractivity contribution is 0.0859. The molecule has 1 amide bonds. The maximum Gasteiger partial charge on any atom is 0.252 e. The number of aliphatic hydroxyl groups is 1. The van der Waals surface area contributed by atoms with Crippen molar-refractivity contribution in [1.29, 1.82) is 0 Å². The Labute approximate surface area is 152 Å². The highest BCUT2D eigenvalue weighted by Gasteiger charge is 2.32. The number of benzene rings is 2. The summed E-state index contributed by atoms with van der Waals surface area (Å²) in [5.41, 5.74) is 6.61. The number of nitrogens with zero attached hydrogens (tertiary/aromatic N) is 1. The minimum Gasteiger partial charge on any atom is -0.390 e. The van der Waals surface area contributed by atoms with Crippen LogP contribution in [0.4, 0.5) is 0 Å². The van der Waals surface area contributed by atoms with Crippen molar-refractivity contribution in [2.45, 2.75) is 39.3 Å². The van der Waals surface area contributed by atoms with Gasteiger partial charge < -0.3 is 10.4 Å². The number of aryl methyl sites for hydroxylation is 3. The van der Waals surface area contributed by atoms with Gasteiger partial charge in [-0.3, -0.25) is 9.78 Å². The van der Waals surface area contributed by atoms with E-state index in [1.54, 1.807) is 0 Å². The lowest BCUT2D eigenvalue weighted by Gasteiger charge is -2.19. The van der Waals surface area contributed by atoms with Crippen LogP contribution in [-0.4, -0.2) is 22.1 Å². The Bertz CT molecular complexity index is 1030. The quantitative estimate of drug-likeness (QED) is 0.746. The molecule has 4 rings (SSSR count). The van der Waals surface area contributed by atoms with Crippen molar-refractivity contribution in [2.24, 2.45) is 0 Å². The largest absolute Gasteiger partial charge is 0.390 e. The molecular formula is C22H22N2O2. The molecule has 0 spiro atoms. The standard InChI is InChI=1S/C22H22N2O2/c1-12-8-9-17-18(10-13(2)23-20(17)14(12)3)22(26)24-21-16-7-5-4-6-15(16)11-19(21)25/h4-10,19,21,25H,11H2,1-3H3,(H,24,26)/t19-,21-/m1/s1. The van der Waals surface area contributed by atoms with E-state index in [1.807, 2.05) is 63.2 Å². The molecule has 2 atom stereocenters. The lowest BCUT2D eigenvalue weighted by Crippen LogP contribution is -2.34. The van der Waals surface area contributed by atoms with E-state index in [2.05, 4.69) is 10.3 Å². The molecule has 4 nitrogen and oxygen atoms in total. The van der Waals surface area contributed by atoms with Gasteiger partial charge in [0.15, 0.2) is 0 Å². The highest BCUT2D eigenvalue weighted by Crippen LogP contribution is 2.32. The molecule has 0 unspecified atom stereocenters. The Morgan fingerprint density at radius 1 is 1.15 bits per heavy atom. The predicted molar refractivity (Wildman–Crippen MR) is 102 cm³/mol. The van der Waals surface area contributed by atoms with E-state index in [0.29, 0.717) is 12.0 Å². The van der Waals surface area contributed by atoms with Gasteiger partial charge in [0.2, 0.25) is 0 Å². The first-order valence-corrected chi connectivity index (χ1v) is 8.90. The fraction of sp³-hybridized carbons (Fsp3) is 0.273. The number of hydrogen-bond donors (Lipinski definition) is 2. The van der Waals surface area contributed by atoms with Crippen molar-refractivity contribution in [2.75, 3.05) is 0 Å². The minimum atomic E-state index is -0.602. The van der Waals surface area contributed by atoms with Crippen LogP contribution < -0.4 is 5.32 Å². The van der Waals surface area contributed by atoms with Crippen LogP contribution in [0, 0.1) is 20.8 Å². The van der Waals surface area contributed by atoms with Gasteiger partial charge in [-0.05, 0) is 49.1 Å². The van der Waals surface area contributed by atoms with Crippen molar-refractivity contribution in [3.05, 3.63) is 76.0 Å². The predicted octanol–water partition coefficient (Wildman–Crippen LogP) is 3.55. The Morgan fingerprint density at radius 2 is 1.92 bits per heavy atom. The molecule has 4 heteroatoms. The van der Waals surface area contributed by atoms with Crippen LogP contribution in [0.15, 0.2) is 42.5 Å². The molecule has 0 saturated heterocycles. The second-order valence-corrected chi connectivity index (χ2v) is 7.14. The molecule has 26 heavy (non-hydrogen) atoms. The van der Waals surface area contributed by atoms with E-state index < -0.39 is 6.10 Å². The second kappa shape index (κ2) is 6.22. The van der Waals surface area contributed by atoms with Gasteiger partial charge in [0.25, 0.3) is 5.91 Å². The van der Waals surface area contributed by atoms with Gasteiger partial charge in [-0.1, -0.05) is 36.4 Å². The molecule has 1 aliphatic carbocycles. The zero-order valence-electron chi connectivity index (χ0n) is 15.2. The Kier molecular flexibility index (Phi) is 4.00. The van der Waals surface area contributed by atoms with Crippen LogP contribution >= 0.6 is 0 Å². The fourth-order valence-corrected chi connectivity index (χ4v) is 3.81. The van der Waals surface area contributed by atoms with Gasteiger partial charge in [-0.2, -0.15) is 0 Å². The third-order valence-electron chi connectivity index (χ3n) is 5.37. The molecule has 0 saturated carbocycles. The number of aliphatic hydroxyl groups excluding tert-OH is 1. The lowest BCUT2D eigenvalue weighted by atomic mass is 10.00. The van der Waals surface area contributed by atoms with Gasteiger partial charge in [-0.25, -0.2) is 0 Å². The normalized spacial score (nSPS) is 18.8. The molecule has 0 radical (unpaired) electrons. The number of aromatic nitrogens is 1. The molecule has 1 heterocycles. The SMILES string of the molecule is Cc1cc(C(=O)N[C@@H]2c3ccccc3C[C@H]2O)c2ccc(C)c(C)c2n1. The van der Waals surface area contributed by atoms with Crippen molar-refractivity contribution >= 4 is 16.8 Å². The summed E-state index contributed by atoms with van der Waals surface area (Å²) < 4.78 is 0. The summed E-state index contributed by atoms with van der Waals surface area (Å²) in [7, 11) is 0. The van der Waals surface area contributed by atoms with Crippen LogP contribution in [-0.2, 0) is 6.42 Å². The summed E-state index contributed by atoms with van der Waals surface area (Å²) in [4.78, 5) is 17.7. The first-order chi connectivity index (χ1) is 12.5. The zero-order chi connectivity index (χ0) is 18.4. The number of fused-ring (bicyclic) bond motifs is 2. The third kappa shape index (κ3) is 2.67. The van der Waals surface area contributed by atoms with Gasteiger partial charge in [0, 0.05) is 17.5 Å². The molecule has 132 valence electrons. The Hall–Kier alpha value is -2.72. The van der Waals surface area contributed by atoms with E-state index in [1.165, 1.54) is 0 Å². The summed E-state index contributed by atoms with van der Waals surface area (Å²) in [6.07, 6.45) is -0.0373. The molecule has 0 aliphatic heterocycles. The van der Waals surface area contributed by atoms with Gasteiger partial charge in [0.1, 0.15) is 0 Å². The maximum absolute atomic E-state index is 13.1. The molecule has 0 bridgehead atoms. The highest BCUT2D eigenvalue weighted by molar-refractivity contribution is 6.07. The molecule has 1 aromatic heterocycles. The Balaban J connectivity index is 1.75. The highest BCUT2D eigenvalue weighted by atomic mass is 16.3. The van der Waals surface area contributed by atoms with E-state index in [-0.39, 0.29) is 11.9 Å². The average molecular weight is 346 g/mol. The molecule has 1 aliphatic rings. The first kappa shape index (κ1) is 16.7. The van der Waals surface area contributed by atoms with Crippen molar-refractivity contribution < 1.29 is 9.90 Å². The van der Waals surface area contributed by atoms with Crippen molar-refractivity contribution in [3.8, 4) is 0 Å². The van der Waals surface area contributed by atoms with Gasteiger partial charge >= 0.3 is 0 Å². The monoisotopic (exact) mass is 346 g/mol. The number of nitrogens with one attached hydrogen (secondary N) is 1. The third-order valence-corrected chi connectivity index (χ3v) is 5.37. The molecule has 2 aromatic carbocycles. The number of carbonyl (C=O) groups is 1. The summed E-state index contributed by atoms with van der Waals surface area (Å²) >= 11 is 0. The van der Waals surface area contributed by atoms with Crippen molar-refractivity contribution in [1.82, 2.24) is 10.3 Å². The van der Waals surface area contributed by atoms with Crippen LogP contribution in [0.5, 0.6) is 0 Å². The molecular weight excluding hydrogens is 324 g/mol. The number of amides is 1. The maximum atomic E-state index is 13.1. The number of carbonyl (C=O) groups excluding carboxylic acids is 1. The number of hydrogen-bond acceptors (Lipinski definition) is 3. The fourth-order valence-electron chi connectivity index (χ4n) is 3.81. The van der Waals surface area contributed by atoms with Crippen LogP contribution in [0.1, 0.15) is 44.3 Å². The second-order valence-electron chi connectivity index (χ2n) is 7.14. The van der Waals surface area contributed by atoms with Crippen LogP contribution in [0.2, 0.25) is 0 Å². The van der Waals surface area contributed by atoms with Gasteiger partial charge in [-0.15, -0.1) is 0 Å². The summed E-state index contributed by atoms with van der Waals surface area (Å²) in [5.74, 6) is -0.176. The van der Waals surface area contributed by atoms with E-state index in [4.69, 9.17) is 0 Å². The molecule has 2 N–H and O–H groups in total. The van der Waals surface area contributed by atoms with E-state index in [0.717, 1.165) is 38.9 Å². The van der Waals surface area contributed by atoms with Gasteiger partial charge in [0.05, 0.1) is 23.2 Å². The van der Waals surface area contributed by atoms with Crippen LogP contribution in [0.25, 0.3) is 10.9 Å². The van der Waals surface area contributed by atoms with Crippen molar-refractivity contribution in [3.63, 3.8) is 0 Å². The first-order valence-electron chi connectivity index (χ1n) is 8.90. The molecule has 0 fully saturated rings. The summed E-state index contributed by atoms with van der Waals surface area (Å²) in [6, 6.07) is 13.3. The van der Waals surface area contributed by atoms with Crippen LogP contribution in [0.3, 0.4) is 0 Å². The summed E-state index contributed by atoms with van der Waals surface area (Å²) in [5, 5.41) is 14.3. The summed E-state index contributed by atoms with van der Waals surface area (Å²) in [6.45, 7) is 5.98.